The fraction of sp³-hybridized carbons (Fsp3) is 0.722. The molecule has 0 aliphatic rings. The van der Waals surface area contributed by atoms with E-state index in [0.29, 0.717) is 11.8 Å². The number of nitrogens with one attached hydrogen (secondary N) is 1. The Kier molecular flexibility index (Phi) is 8.36. The molecule has 1 heterocycles. The molecule has 0 spiro atoms. The van der Waals surface area contributed by atoms with Gasteiger partial charge in [-0.05, 0) is 36.4 Å². The van der Waals surface area contributed by atoms with Crippen molar-refractivity contribution in [2.24, 2.45) is 5.92 Å². The maximum Gasteiger partial charge on any atom is 0.213 e. The fourth-order valence-electron chi connectivity index (χ4n) is 2.09. The Morgan fingerprint density at radius 3 is 2.52 bits per heavy atom. The van der Waals surface area contributed by atoms with E-state index >= 15 is 0 Å². The molecule has 1 rings (SSSR count). The molecular weight excluding hydrogens is 260 g/mol. The Morgan fingerprint density at radius 1 is 1.14 bits per heavy atom. The molecule has 1 aromatic heterocycles. The first kappa shape index (κ1) is 18.0. The lowest BCUT2D eigenvalue weighted by Crippen LogP contribution is -2.19. The molecule has 1 aromatic rings. The summed E-state index contributed by atoms with van der Waals surface area (Å²) in [5.74, 6) is 1.87. The first-order valence-electron chi connectivity index (χ1n) is 8.37. The summed E-state index contributed by atoms with van der Waals surface area (Å²) < 4.78 is 5.83. The Bertz CT molecular complexity index is 402. The van der Waals surface area contributed by atoms with E-state index in [0.717, 1.165) is 37.7 Å². The summed E-state index contributed by atoms with van der Waals surface area (Å²) in [6, 6.07) is 4.27. The van der Waals surface area contributed by atoms with Crippen LogP contribution in [0.5, 0.6) is 5.88 Å². The molecule has 1 N–H and O–H groups in total. The van der Waals surface area contributed by atoms with E-state index < -0.39 is 0 Å². The molecule has 0 radical (unpaired) electrons. The second-order valence-corrected chi connectivity index (χ2v) is 6.47. The Labute approximate surface area is 130 Å². The van der Waals surface area contributed by atoms with Gasteiger partial charge in [0.25, 0.3) is 0 Å². The molecular formula is C18H32N2O. The number of nitrogens with zero attached hydrogens (tertiary/aromatic N) is 1. The summed E-state index contributed by atoms with van der Waals surface area (Å²) in [5.41, 5.74) is 2.38. The van der Waals surface area contributed by atoms with E-state index in [1.54, 1.807) is 0 Å². The third-order valence-corrected chi connectivity index (χ3v) is 3.35. The topological polar surface area (TPSA) is 34.1 Å². The van der Waals surface area contributed by atoms with E-state index in [2.05, 4.69) is 57.1 Å². The quantitative estimate of drug-likeness (QED) is 0.644. The van der Waals surface area contributed by atoms with Crippen LogP contribution in [0, 0.1) is 5.92 Å². The number of rotatable bonds is 10. The summed E-state index contributed by atoms with van der Waals surface area (Å²) in [5, 5.41) is 3.49. The molecule has 0 aliphatic carbocycles. The Hall–Kier alpha value is -1.09. The summed E-state index contributed by atoms with van der Waals surface area (Å²) >= 11 is 0. The zero-order chi connectivity index (χ0) is 15.7. The van der Waals surface area contributed by atoms with Gasteiger partial charge in [0, 0.05) is 18.3 Å². The van der Waals surface area contributed by atoms with Gasteiger partial charge in [-0.25, -0.2) is 4.98 Å². The zero-order valence-corrected chi connectivity index (χ0v) is 14.4. The van der Waals surface area contributed by atoms with Gasteiger partial charge in [0.2, 0.25) is 5.88 Å². The summed E-state index contributed by atoms with van der Waals surface area (Å²) in [6.07, 6.45) is 3.53. The van der Waals surface area contributed by atoms with Crippen LogP contribution in [-0.2, 0) is 6.54 Å². The van der Waals surface area contributed by atoms with Gasteiger partial charge in [-0.1, -0.05) is 47.5 Å². The molecule has 3 nitrogen and oxygen atoms in total. The van der Waals surface area contributed by atoms with Crippen molar-refractivity contribution in [1.29, 1.82) is 0 Å². The molecule has 0 amide bonds. The number of hydrogen-bond donors (Lipinski definition) is 1. The van der Waals surface area contributed by atoms with Crippen molar-refractivity contribution < 1.29 is 4.74 Å². The van der Waals surface area contributed by atoms with Crippen LogP contribution in [0.15, 0.2) is 12.1 Å². The van der Waals surface area contributed by atoms with Crippen molar-refractivity contribution in [2.45, 2.75) is 66.3 Å². The summed E-state index contributed by atoms with van der Waals surface area (Å²) in [4.78, 5) is 4.62. The molecule has 0 fully saturated rings. The van der Waals surface area contributed by atoms with Crippen molar-refractivity contribution in [3.05, 3.63) is 23.4 Å². The van der Waals surface area contributed by atoms with Crippen LogP contribution in [0.2, 0.25) is 0 Å². The molecule has 21 heavy (non-hydrogen) atoms. The highest BCUT2D eigenvalue weighted by Gasteiger charge is 2.07. The number of ether oxygens (including phenoxy) is 1. The Morgan fingerprint density at radius 2 is 1.90 bits per heavy atom. The van der Waals surface area contributed by atoms with Gasteiger partial charge in [-0.2, -0.15) is 0 Å². The number of pyridine rings is 1. The largest absolute Gasteiger partial charge is 0.478 e. The standard InChI is InChI=1S/C18H32N2O/c1-6-7-8-9-21-18-11-16(13-19-12-14(2)3)10-17(20-18)15(4)5/h10-11,14-15,19H,6-9,12-13H2,1-5H3. The van der Waals surface area contributed by atoms with Crippen LogP contribution in [0.4, 0.5) is 0 Å². The monoisotopic (exact) mass is 292 g/mol. The van der Waals surface area contributed by atoms with Gasteiger partial charge in [-0.3, -0.25) is 0 Å². The van der Waals surface area contributed by atoms with Crippen molar-refractivity contribution in [1.82, 2.24) is 10.3 Å². The normalized spacial score (nSPS) is 11.4. The van der Waals surface area contributed by atoms with Crippen molar-refractivity contribution >= 4 is 0 Å². The Balaban J connectivity index is 2.66. The SMILES string of the molecule is CCCCCOc1cc(CNCC(C)C)cc(C(C)C)n1. The van der Waals surface area contributed by atoms with Crippen LogP contribution in [0.25, 0.3) is 0 Å². The number of aromatic nitrogens is 1. The molecule has 3 heteroatoms. The van der Waals surface area contributed by atoms with Crippen LogP contribution >= 0.6 is 0 Å². The molecule has 0 bridgehead atoms. The van der Waals surface area contributed by atoms with Gasteiger partial charge >= 0.3 is 0 Å². The fourth-order valence-corrected chi connectivity index (χ4v) is 2.09. The molecule has 0 atom stereocenters. The highest BCUT2D eigenvalue weighted by Crippen LogP contribution is 2.19. The number of unbranched alkanes of at least 4 members (excludes halogenated alkanes) is 2. The predicted octanol–water partition coefficient (Wildman–Crippen LogP) is 4.52. The van der Waals surface area contributed by atoms with Gasteiger partial charge in [-0.15, -0.1) is 0 Å². The van der Waals surface area contributed by atoms with Crippen LogP contribution in [-0.4, -0.2) is 18.1 Å². The first-order valence-corrected chi connectivity index (χ1v) is 8.37. The maximum absolute atomic E-state index is 5.83. The van der Waals surface area contributed by atoms with E-state index in [1.165, 1.54) is 18.4 Å². The van der Waals surface area contributed by atoms with Crippen molar-refractivity contribution in [3.63, 3.8) is 0 Å². The second-order valence-electron chi connectivity index (χ2n) is 6.47. The average molecular weight is 292 g/mol. The van der Waals surface area contributed by atoms with Crippen molar-refractivity contribution in [2.75, 3.05) is 13.2 Å². The van der Waals surface area contributed by atoms with Crippen molar-refractivity contribution in [3.8, 4) is 5.88 Å². The minimum Gasteiger partial charge on any atom is -0.478 e. The molecule has 120 valence electrons. The van der Waals surface area contributed by atoms with E-state index in [-0.39, 0.29) is 0 Å². The summed E-state index contributed by atoms with van der Waals surface area (Å²) in [7, 11) is 0. The molecule has 0 unspecified atom stereocenters. The minimum atomic E-state index is 0.424. The lowest BCUT2D eigenvalue weighted by molar-refractivity contribution is 0.293. The third-order valence-electron chi connectivity index (χ3n) is 3.35. The molecule has 0 aromatic carbocycles. The third kappa shape index (κ3) is 7.47. The first-order chi connectivity index (χ1) is 10.0. The van der Waals surface area contributed by atoms with E-state index in [1.807, 2.05) is 0 Å². The van der Waals surface area contributed by atoms with Gasteiger partial charge < -0.3 is 10.1 Å². The number of hydrogen-bond acceptors (Lipinski definition) is 3. The van der Waals surface area contributed by atoms with Gasteiger partial charge in [0.05, 0.1) is 6.61 Å². The second kappa shape index (κ2) is 9.78. The molecule has 0 saturated carbocycles. The zero-order valence-electron chi connectivity index (χ0n) is 14.4. The van der Waals surface area contributed by atoms with Gasteiger partial charge in [0.15, 0.2) is 0 Å². The maximum atomic E-state index is 5.83. The lowest BCUT2D eigenvalue weighted by Gasteiger charge is -2.13. The van der Waals surface area contributed by atoms with E-state index in [9.17, 15) is 0 Å². The van der Waals surface area contributed by atoms with E-state index in [4.69, 9.17) is 4.74 Å². The van der Waals surface area contributed by atoms with Crippen LogP contribution in [0.1, 0.15) is 71.1 Å². The predicted molar refractivity (Wildman–Crippen MR) is 89.9 cm³/mol. The molecule has 0 saturated heterocycles. The smallest absolute Gasteiger partial charge is 0.213 e. The lowest BCUT2D eigenvalue weighted by atomic mass is 10.1. The average Bonchev–Trinajstić information content (AvgIpc) is 2.43. The highest BCUT2D eigenvalue weighted by atomic mass is 16.5. The van der Waals surface area contributed by atoms with Gasteiger partial charge in [0.1, 0.15) is 0 Å². The molecule has 0 aliphatic heterocycles. The summed E-state index contributed by atoms with van der Waals surface area (Å²) in [6.45, 7) is 13.7. The minimum absolute atomic E-state index is 0.424. The van der Waals surface area contributed by atoms with Crippen LogP contribution < -0.4 is 10.1 Å². The van der Waals surface area contributed by atoms with Crippen LogP contribution in [0.3, 0.4) is 0 Å². The highest BCUT2D eigenvalue weighted by molar-refractivity contribution is 5.26.